The minimum Gasteiger partial charge on any atom is -0.268 e. The molecule has 0 saturated carbocycles. The third-order valence-electron chi connectivity index (χ3n) is 3.05. The van der Waals surface area contributed by atoms with Gasteiger partial charge in [0.05, 0.1) is 0 Å². The smallest absolute Gasteiger partial charge is 0.268 e. The highest BCUT2D eigenvalue weighted by Gasteiger charge is 2.24. The zero-order chi connectivity index (χ0) is 13.9. The van der Waals surface area contributed by atoms with Crippen molar-refractivity contribution in [3.8, 4) is 0 Å². The van der Waals surface area contributed by atoms with Gasteiger partial charge in [-0.25, -0.2) is 9.89 Å². The monoisotopic (exact) mass is 289 g/mol. The summed E-state index contributed by atoms with van der Waals surface area (Å²) in [6.07, 6.45) is 0. The van der Waals surface area contributed by atoms with Crippen LogP contribution in [0.3, 0.4) is 0 Å². The van der Waals surface area contributed by atoms with Crippen molar-refractivity contribution in [1.29, 1.82) is 0 Å². The topological polar surface area (TPSA) is 50.7 Å². The fourth-order valence-electron chi connectivity index (χ4n) is 1.60. The van der Waals surface area contributed by atoms with E-state index in [9.17, 15) is 4.79 Å². The van der Waals surface area contributed by atoms with Crippen LogP contribution in [0.2, 0.25) is 0 Å². The molecule has 0 saturated heterocycles. The van der Waals surface area contributed by atoms with E-state index in [4.69, 9.17) is 0 Å². The van der Waals surface area contributed by atoms with Crippen LogP contribution in [0.15, 0.2) is 9.95 Å². The van der Waals surface area contributed by atoms with E-state index in [0.717, 1.165) is 16.7 Å². The zero-order valence-corrected chi connectivity index (χ0v) is 13.4. The fraction of sp³-hybridized carbons (Fsp3) is 0.833. The van der Waals surface area contributed by atoms with Gasteiger partial charge in [-0.15, -0.1) is 5.10 Å². The van der Waals surface area contributed by atoms with Gasteiger partial charge in [0.1, 0.15) is 0 Å². The summed E-state index contributed by atoms with van der Waals surface area (Å²) >= 11 is 6.04. The molecule has 0 aromatic carbocycles. The summed E-state index contributed by atoms with van der Waals surface area (Å²) in [4.78, 5) is 11.6. The number of thioether (sulfide) groups is 1. The molecule has 1 heterocycles. The Hall–Kier alpha value is -0.360. The van der Waals surface area contributed by atoms with Crippen molar-refractivity contribution in [2.24, 2.45) is 11.3 Å². The van der Waals surface area contributed by atoms with Crippen LogP contribution < -0.4 is 5.69 Å². The van der Waals surface area contributed by atoms with Gasteiger partial charge in [-0.1, -0.05) is 32.5 Å². The van der Waals surface area contributed by atoms with Crippen LogP contribution in [0.1, 0.15) is 40.7 Å². The molecule has 1 atom stereocenters. The summed E-state index contributed by atoms with van der Waals surface area (Å²) in [5, 5.41) is 7.37. The minimum absolute atomic E-state index is 0.128. The van der Waals surface area contributed by atoms with Crippen LogP contribution >= 0.6 is 24.4 Å². The Morgan fingerprint density at radius 1 is 1.44 bits per heavy atom. The highest BCUT2D eigenvalue weighted by molar-refractivity contribution is 7.99. The molecule has 0 amide bonds. The van der Waals surface area contributed by atoms with Crippen molar-refractivity contribution in [2.45, 2.75) is 45.8 Å². The second-order valence-corrected chi connectivity index (χ2v) is 7.18. The average Bonchev–Trinajstić information content (AvgIpc) is 2.58. The van der Waals surface area contributed by atoms with E-state index >= 15 is 0 Å². The number of hydrogen-bond acceptors (Lipinski definition) is 4. The van der Waals surface area contributed by atoms with Gasteiger partial charge in [0.25, 0.3) is 0 Å². The van der Waals surface area contributed by atoms with E-state index in [2.05, 4.69) is 43.6 Å². The third-order valence-corrected chi connectivity index (χ3v) is 4.60. The third kappa shape index (κ3) is 3.82. The van der Waals surface area contributed by atoms with Gasteiger partial charge in [-0.2, -0.15) is 12.6 Å². The predicted octanol–water partition coefficient (Wildman–Crippen LogP) is 2.84. The number of aromatic amines is 1. The van der Waals surface area contributed by atoms with Crippen molar-refractivity contribution in [3.05, 3.63) is 10.5 Å². The van der Waals surface area contributed by atoms with E-state index < -0.39 is 0 Å². The van der Waals surface area contributed by atoms with E-state index in [0.29, 0.717) is 5.92 Å². The number of thiol groups is 1. The fourth-order valence-corrected chi connectivity index (χ4v) is 3.96. The maximum absolute atomic E-state index is 11.6. The Labute approximate surface area is 118 Å². The van der Waals surface area contributed by atoms with E-state index in [1.54, 1.807) is 16.3 Å². The first kappa shape index (κ1) is 15.7. The molecule has 18 heavy (non-hydrogen) atoms. The molecule has 104 valence electrons. The first-order valence-corrected chi connectivity index (χ1v) is 7.79. The summed E-state index contributed by atoms with van der Waals surface area (Å²) in [5.74, 6) is 2.25. The lowest BCUT2D eigenvalue weighted by Gasteiger charge is -2.28. The number of H-pyrrole nitrogens is 1. The van der Waals surface area contributed by atoms with E-state index in [1.807, 2.05) is 13.8 Å². The lowest BCUT2D eigenvalue weighted by molar-refractivity contribution is 0.294. The van der Waals surface area contributed by atoms with Crippen molar-refractivity contribution in [3.63, 3.8) is 0 Å². The van der Waals surface area contributed by atoms with Crippen LogP contribution in [-0.4, -0.2) is 26.3 Å². The van der Waals surface area contributed by atoms with Crippen LogP contribution in [-0.2, 0) is 0 Å². The van der Waals surface area contributed by atoms with Gasteiger partial charge in [-0.05, 0) is 30.9 Å². The zero-order valence-electron chi connectivity index (χ0n) is 11.7. The van der Waals surface area contributed by atoms with Crippen molar-refractivity contribution >= 4 is 24.4 Å². The highest BCUT2D eigenvalue weighted by atomic mass is 32.2. The maximum atomic E-state index is 11.6. The van der Waals surface area contributed by atoms with Crippen LogP contribution in [0.4, 0.5) is 0 Å². The lowest BCUT2D eigenvalue weighted by Crippen LogP contribution is -2.25. The molecule has 6 heteroatoms. The molecule has 4 nitrogen and oxygen atoms in total. The van der Waals surface area contributed by atoms with Gasteiger partial charge in [-0.3, -0.25) is 4.57 Å². The molecule has 1 N–H and O–H groups in total. The number of rotatable bonds is 5. The molecule has 0 radical (unpaired) electrons. The minimum atomic E-state index is -0.134. The molecule has 1 aromatic heterocycles. The Balaban J connectivity index is 2.78. The molecule has 1 aromatic rings. The molecule has 0 fully saturated rings. The second kappa shape index (κ2) is 6.19. The summed E-state index contributed by atoms with van der Waals surface area (Å²) in [5.41, 5.74) is 0.0827. The molecular weight excluding hydrogens is 266 g/mol. The first-order valence-electron chi connectivity index (χ1n) is 6.18. The van der Waals surface area contributed by atoms with E-state index in [-0.39, 0.29) is 17.1 Å². The normalized spacial score (nSPS) is 14.2. The predicted molar refractivity (Wildman–Crippen MR) is 80.8 cm³/mol. The van der Waals surface area contributed by atoms with Crippen molar-refractivity contribution < 1.29 is 0 Å². The molecule has 0 spiro atoms. The number of hydrogen-bond donors (Lipinski definition) is 2. The number of nitrogens with one attached hydrogen (secondary N) is 1. The Bertz CT molecular complexity index is 431. The highest BCUT2D eigenvalue weighted by Crippen LogP contribution is 2.32. The van der Waals surface area contributed by atoms with Gasteiger partial charge < -0.3 is 0 Å². The summed E-state index contributed by atoms with van der Waals surface area (Å²) in [6, 6.07) is 0.128. The summed E-state index contributed by atoms with van der Waals surface area (Å²) < 4.78 is 1.70. The van der Waals surface area contributed by atoms with Gasteiger partial charge in [0.2, 0.25) is 0 Å². The summed E-state index contributed by atoms with van der Waals surface area (Å²) in [6.45, 7) is 10.6. The molecule has 0 bridgehead atoms. The van der Waals surface area contributed by atoms with Gasteiger partial charge in [0, 0.05) is 11.8 Å². The molecule has 0 aliphatic rings. The SMILES string of the molecule is CC(C)n1c(SCC(CS)C(C)(C)C)n[nH]c1=O. The van der Waals surface area contributed by atoms with Crippen LogP contribution in [0, 0.1) is 11.3 Å². The molecule has 1 unspecified atom stereocenters. The second-order valence-electron chi connectivity index (χ2n) is 5.83. The number of aromatic nitrogens is 3. The van der Waals surface area contributed by atoms with Crippen molar-refractivity contribution in [1.82, 2.24) is 14.8 Å². The van der Waals surface area contributed by atoms with Crippen molar-refractivity contribution in [2.75, 3.05) is 11.5 Å². The molecule has 1 rings (SSSR count). The quantitative estimate of drug-likeness (QED) is 0.647. The molecule has 0 aliphatic carbocycles. The van der Waals surface area contributed by atoms with Gasteiger partial charge >= 0.3 is 5.69 Å². The Morgan fingerprint density at radius 3 is 2.50 bits per heavy atom. The van der Waals surface area contributed by atoms with Gasteiger partial charge in [0.15, 0.2) is 5.16 Å². The first-order chi connectivity index (χ1) is 8.27. The molecular formula is C12H23N3OS2. The standard InChI is InChI=1S/C12H23N3OS2/c1-8(2)15-10(16)13-14-11(15)18-7-9(6-17)12(3,4)5/h8-9,17H,6-7H2,1-5H3,(H,13,16). The average molecular weight is 289 g/mol. The van der Waals surface area contributed by atoms with Crippen LogP contribution in [0.25, 0.3) is 0 Å². The Kier molecular flexibility index (Phi) is 5.40. The summed E-state index contributed by atoms with van der Waals surface area (Å²) in [7, 11) is 0. The largest absolute Gasteiger partial charge is 0.344 e. The molecule has 0 aliphatic heterocycles. The lowest BCUT2D eigenvalue weighted by atomic mass is 9.83. The number of nitrogens with zero attached hydrogens (tertiary/aromatic N) is 2. The Morgan fingerprint density at radius 2 is 2.06 bits per heavy atom. The van der Waals surface area contributed by atoms with E-state index in [1.165, 1.54) is 0 Å². The maximum Gasteiger partial charge on any atom is 0.344 e. The van der Waals surface area contributed by atoms with Crippen LogP contribution in [0.5, 0.6) is 0 Å².